The van der Waals surface area contributed by atoms with Crippen molar-refractivity contribution in [3.63, 3.8) is 0 Å². The summed E-state index contributed by atoms with van der Waals surface area (Å²) in [5, 5.41) is 22.9. The lowest BCUT2D eigenvalue weighted by Gasteiger charge is -2.40. The lowest BCUT2D eigenvalue weighted by molar-refractivity contribution is -0.0351. The van der Waals surface area contributed by atoms with E-state index in [-0.39, 0.29) is 5.41 Å². The van der Waals surface area contributed by atoms with Crippen LogP contribution in [-0.2, 0) is 0 Å². The first kappa shape index (κ1) is 12.3. The van der Waals surface area contributed by atoms with Crippen LogP contribution in [0, 0.1) is 5.41 Å². The molecule has 0 bridgehead atoms. The first-order valence-corrected chi connectivity index (χ1v) is 6.72. The molecule has 0 aromatic rings. The molecule has 2 saturated carbocycles. The Hall–Kier alpha value is -0.120. The van der Waals surface area contributed by atoms with Crippen LogP contribution in [0.3, 0.4) is 0 Å². The number of hydrogen-bond acceptors (Lipinski definition) is 3. The smallest absolute Gasteiger partial charge is 0.0771 e. The fourth-order valence-corrected chi connectivity index (χ4v) is 3.01. The number of hydrogen-bond donors (Lipinski definition) is 3. The molecular formula is C13H25NO2. The molecule has 3 heteroatoms. The van der Waals surface area contributed by atoms with Gasteiger partial charge >= 0.3 is 0 Å². The predicted molar refractivity (Wildman–Crippen MR) is 64.3 cm³/mol. The fraction of sp³-hybridized carbons (Fsp3) is 1.00. The van der Waals surface area contributed by atoms with Crippen LogP contribution in [0.4, 0.5) is 0 Å². The van der Waals surface area contributed by atoms with E-state index in [9.17, 15) is 10.2 Å². The van der Waals surface area contributed by atoms with Crippen molar-refractivity contribution in [3.8, 4) is 0 Å². The van der Waals surface area contributed by atoms with Gasteiger partial charge in [0, 0.05) is 25.1 Å². The lowest BCUT2D eigenvalue weighted by atomic mass is 9.74. The van der Waals surface area contributed by atoms with Gasteiger partial charge in [-0.2, -0.15) is 0 Å². The van der Waals surface area contributed by atoms with Crippen LogP contribution in [0.15, 0.2) is 0 Å². The summed E-state index contributed by atoms with van der Waals surface area (Å²) in [7, 11) is 0. The van der Waals surface area contributed by atoms with Crippen molar-refractivity contribution < 1.29 is 10.2 Å². The van der Waals surface area contributed by atoms with Crippen molar-refractivity contribution in [1.82, 2.24) is 5.32 Å². The number of nitrogens with one attached hydrogen (secondary N) is 1. The molecule has 0 aliphatic heterocycles. The Labute approximate surface area is 98.2 Å². The molecule has 0 unspecified atom stereocenters. The van der Waals surface area contributed by atoms with E-state index in [1.54, 1.807) is 0 Å². The molecule has 0 heterocycles. The van der Waals surface area contributed by atoms with Crippen LogP contribution < -0.4 is 5.32 Å². The number of aliphatic hydroxyl groups is 2. The van der Waals surface area contributed by atoms with E-state index in [2.05, 4.69) is 5.32 Å². The Morgan fingerprint density at radius 3 is 2.06 bits per heavy atom. The molecule has 0 amide bonds. The molecule has 3 N–H and O–H groups in total. The Morgan fingerprint density at radius 2 is 1.56 bits per heavy atom. The maximum atomic E-state index is 9.97. The van der Waals surface area contributed by atoms with Gasteiger partial charge in [-0.05, 0) is 32.1 Å². The summed E-state index contributed by atoms with van der Waals surface area (Å²) in [4.78, 5) is 0. The maximum Gasteiger partial charge on any atom is 0.0771 e. The van der Waals surface area contributed by atoms with Crippen molar-refractivity contribution in [3.05, 3.63) is 0 Å². The van der Waals surface area contributed by atoms with Gasteiger partial charge in [-0.25, -0.2) is 0 Å². The molecule has 2 rings (SSSR count). The molecule has 2 aliphatic carbocycles. The summed E-state index contributed by atoms with van der Waals surface area (Å²) in [6, 6.07) is 0. The Bertz CT molecular complexity index is 220. The quantitative estimate of drug-likeness (QED) is 0.666. The monoisotopic (exact) mass is 227 g/mol. The molecule has 0 spiro atoms. The molecule has 2 fully saturated rings. The average Bonchev–Trinajstić information content (AvgIpc) is 2.28. The third-order valence-electron chi connectivity index (χ3n) is 4.49. The summed E-state index contributed by atoms with van der Waals surface area (Å²) in [6.07, 6.45) is 9.09. The molecular weight excluding hydrogens is 202 g/mol. The zero-order valence-corrected chi connectivity index (χ0v) is 10.2. The molecule has 16 heavy (non-hydrogen) atoms. The maximum absolute atomic E-state index is 9.97. The Morgan fingerprint density at radius 1 is 0.875 bits per heavy atom. The van der Waals surface area contributed by atoms with Crippen molar-refractivity contribution in [2.45, 2.75) is 57.0 Å². The minimum absolute atomic E-state index is 0.0956. The highest BCUT2D eigenvalue weighted by molar-refractivity contribution is 4.91. The van der Waals surface area contributed by atoms with Gasteiger partial charge in [0.2, 0.25) is 0 Å². The van der Waals surface area contributed by atoms with Gasteiger partial charge in [-0.1, -0.05) is 19.3 Å². The van der Waals surface area contributed by atoms with E-state index in [1.807, 2.05) is 0 Å². The van der Waals surface area contributed by atoms with Crippen molar-refractivity contribution in [2.75, 3.05) is 19.7 Å². The zero-order chi connectivity index (χ0) is 11.5. The number of rotatable bonds is 5. The second-order valence-electron chi connectivity index (χ2n) is 5.90. The third kappa shape index (κ3) is 2.76. The standard InChI is InChI=1S/C13H25NO2/c15-11-12(5-2-1-3-6-12)9-14-10-13(16)7-4-8-13/h14-16H,1-11H2. The van der Waals surface area contributed by atoms with Gasteiger partial charge in [-0.3, -0.25) is 0 Å². The first-order chi connectivity index (χ1) is 7.68. The topological polar surface area (TPSA) is 52.5 Å². The minimum atomic E-state index is -0.439. The highest BCUT2D eigenvalue weighted by Gasteiger charge is 2.36. The second-order valence-corrected chi connectivity index (χ2v) is 5.90. The summed E-state index contributed by atoms with van der Waals surface area (Å²) < 4.78 is 0. The van der Waals surface area contributed by atoms with E-state index in [0.717, 1.165) is 38.6 Å². The minimum Gasteiger partial charge on any atom is -0.396 e. The van der Waals surface area contributed by atoms with Gasteiger partial charge in [0.05, 0.1) is 5.60 Å². The van der Waals surface area contributed by atoms with Gasteiger partial charge in [-0.15, -0.1) is 0 Å². The van der Waals surface area contributed by atoms with Gasteiger partial charge in [0.1, 0.15) is 0 Å². The first-order valence-electron chi connectivity index (χ1n) is 6.72. The van der Waals surface area contributed by atoms with E-state index < -0.39 is 5.60 Å². The van der Waals surface area contributed by atoms with Gasteiger partial charge in [0.15, 0.2) is 0 Å². The zero-order valence-electron chi connectivity index (χ0n) is 10.2. The van der Waals surface area contributed by atoms with Gasteiger partial charge in [0.25, 0.3) is 0 Å². The molecule has 0 aromatic heterocycles. The summed E-state index contributed by atoms with van der Waals surface area (Å²) in [5.41, 5.74) is -0.344. The van der Waals surface area contributed by atoms with Crippen molar-refractivity contribution in [1.29, 1.82) is 0 Å². The van der Waals surface area contributed by atoms with Crippen LogP contribution >= 0.6 is 0 Å². The Balaban J connectivity index is 1.73. The van der Waals surface area contributed by atoms with Crippen molar-refractivity contribution in [2.24, 2.45) is 5.41 Å². The largest absolute Gasteiger partial charge is 0.396 e. The second kappa shape index (κ2) is 5.03. The normalized spacial score (nSPS) is 27.4. The lowest BCUT2D eigenvalue weighted by Crippen LogP contribution is -2.49. The molecule has 94 valence electrons. The molecule has 0 radical (unpaired) electrons. The Kier molecular flexibility index (Phi) is 3.88. The third-order valence-corrected chi connectivity index (χ3v) is 4.49. The molecule has 0 saturated heterocycles. The van der Waals surface area contributed by atoms with E-state index in [1.165, 1.54) is 19.3 Å². The highest BCUT2D eigenvalue weighted by Crippen LogP contribution is 2.36. The van der Waals surface area contributed by atoms with E-state index in [0.29, 0.717) is 13.2 Å². The average molecular weight is 227 g/mol. The summed E-state index contributed by atoms with van der Waals surface area (Å²) in [6.45, 7) is 1.86. The van der Waals surface area contributed by atoms with Crippen LogP contribution in [0.25, 0.3) is 0 Å². The molecule has 0 aromatic carbocycles. The number of aliphatic hydroxyl groups excluding tert-OH is 1. The predicted octanol–water partition coefficient (Wildman–Crippen LogP) is 1.43. The molecule has 3 nitrogen and oxygen atoms in total. The van der Waals surface area contributed by atoms with E-state index in [4.69, 9.17) is 0 Å². The van der Waals surface area contributed by atoms with Crippen LogP contribution in [0.1, 0.15) is 51.4 Å². The fourth-order valence-electron chi connectivity index (χ4n) is 3.01. The van der Waals surface area contributed by atoms with Crippen LogP contribution in [0.5, 0.6) is 0 Å². The van der Waals surface area contributed by atoms with E-state index >= 15 is 0 Å². The van der Waals surface area contributed by atoms with Gasteiger partial charge < -0.3 is 15.5 Å². The van der Waals surface area contributed by atoms with Crippen LogP contribution in [-0.4, -0.2) is 35.5 Å². The van der Waals surface area contributed by atoms with Crippen molar-refractivity contribution >= 4 is 0 Å². The van der Waals surface area contributed by atoms with Crippen LogP contribution in [0.2, 0.25) is 0 Å². The summed E-state index contributed by atoms with van der Waals surface area (Å²) in [5.74, 6) is 0. The molecule has 0 atom stereocenters. The SMILES string of the molecule is OCC1(CNCC2(O)CCC2)CCCCC1. The highest BCUT2D eigenvalue weighted by atomic mass is 16.3. The summed E-state index contributed by atoms with van der Waals surface area (Å²) >= 11 is 0. The molecule has 2 aliphatic rings.